The first kappa shape index (κ1) is 18.5. The van der Waals surface area contributed by atoms with Crippen molar-refractivity contribution in [3.8, 4) is 0 Å². The molecule has 0 aliphatic carbocycles. The van der Waals surface area contributed by atoms with Crippen LogP contribution in [0.5, 0.6) is 0 Å². The molecule has 0 fully saturated rings. The Morgan fingerprint density at radius 2 is 1.71 bits per heavy atom. The fourth-order valence-corrected chi connectivity index (χ4v) is 3.73. The van der Waals surface area contributed by atoms with Gasteiger partial charge in [-0.2, -0.15) is 11.8 Å². The molecular weight excluding hydrogens is 276 g/mol. The van der Waals surface area contributed by atoms with Crippen LogP contribution >= 0.6 is 11.8 Å². The van der Waals surface area contributed by atoms with E-state index >= 15 is 0 Å². The molecule has 0 aromatic heterocycles. The monoisotopic (exact) mass is 308 g/mol. The molecule has 0 aliphatic rings. The van der Waals surface area contributed by atoms with Gasteiger partial charge in [-0.25, -0.2) is 0 Å². The van der Waals surface area contributed by atoms with Crippen molar-refractivity contribution >= 4 is 11.8 Å². The standard InChI is InChI=1S/C18H32N2S/c1-6-19-18(17-11-9-15(4)10-12-17)16(5)21-14-13-20(7-2)8-3/h9-12,16,18-19H,6-8,13-14H2,1-5H3. The zero-order chi connectivity index (χ0) is 15.7. The number of nitrogens with one attached hydrogen (secondary N) is 1. The maximum absolute atomic E-state index is 3.65. The van der Waals surface area contributed by atoms with Crippen molar-refractivity contribution in [2.75, 3.05) is 31.9 Å². The van der Waals surface area contributed by atoms with Crippen LogP contribution in [-0.2, 0) is 0 Å². The van der Waals surface area contributed by atoms with Gasteiger partial charge in [0.2, 0.25) is 0 Å². The first-order valence-corrected chi connectivity index (χ1v) is 9.31. The molecule has 0 heterocycles. The Morgan fingerprint density at radius 1 is 1.10 bits per heavy atom. The van der Waals surface area contributed by atoms with E-state index < -0.39 is 0 Å². The van der Waals surface area contributed by atoms with Crippen LogP contribution < -0.4 is 5.32 Å². The predicted molar refractivity (Wildman–Crippen MR) is 97.3 cm³/mol. The third kappa shape index (κ3) is 6.41. The summed E-state index contributed by atoms with van der Waals surface area (Å²) in [6.45, 7) is 15.7. The number of thioether (sulfide) groups is 1. The minimum Gasteiger partial charge on any atom is -0.309 e. The number of rotatable bonds is 10. The molecule has 0 amide bonds. The number of benzene rings is 1. The first-order chi connectivity index (χ1) is 10.1. The first-order valence-electron chi connectivity index (χ1n) is 8.26. The minimum atomic E-state index is 0.442. The van der Waals surface area contributed by atoms with Crippen LogP contribution in [0.1, 0.15) is 44.9 Å². The van der Waals surface area contributed by atoms with Crippen LogP contribution in [0.25, 0.3) is 0 Å². The normalized spacial score (nSPS) is 14.4. The van der Waals surface area contributed by atoms with E-state index in [0.29, 0.717) is 11.3 Å². The van der Waals surface area contributed by atoms with Gasteiger partial charge in [0, 0.05) is 23.6 Å². The number of nitrogens with zero attached hydrogens (tertiary/aromatic N) is 1. The van der Waals surface area contributed by atoms with Gasteiger partial charge in [-0.3, -0.25) is 0 Å². The second kappa shape index (κ2) is 10.3. The molecule has 1 aromatic rings. The molecule has 21 heavy (non-hydrogen) atoms. The van der Waals surface area contributed by atoms with Crippen LogP contribution in [0.4, 0.5) is 0 Å². The SMILES string of the molecule is CCNC(c1ccc(C)cc1)C(C)SCCN(CC)CC. The summed E-state index contributed by atoms with van der Waals surface area (Å²) in [6, 6.07) is 9.41. The quantitative estimate of drug-likeness (QED) is 0.700. The van der Waals surface area contributed by atoms with E-state index in [1.54, 1.807) is 0 Å². The summed E-state index contributed by atoms with van der Waals surface area (Å²) in [5.41, 5.74) is 2.74. The average molecular weight is 309 g/mol. The van der Waals surface area contributed by atoms with Crippen molar-refractivity contribution in [1.29, 1.82) is 0 Å². The fourth-order valence-electron chi connectivity index (χ4n) is 2.55. The van der Waals surface area contributed by atoms with E-state index in [1.807, 2.05) is 0 Å². The largest absolute Gasteiger partial charge is 0.309 e. The molecule has 0 aliphatic heterocycles. The van der Waals surface area contributed by atoms with Crippen LogP contribution in [-0.4, -0.2) is 42.1 Å². The van der Waals surface area contributed by atoms with Crippen LogP contribution in [0.2, 0.25) is 0 Å². The van der Waals surface area contributed by atoms with E-state index in [9.17, 15) is 0 Å². The smallest absolute Gasteiger partial charge is 0.0437 e. The summed E-state index contributed by atoms with van der Waals surface area (Å²) >= 11 is 2.08. The molecule has 2 unspecified atom stereocenters. The number of aryl methyl sites for hydroxylation is 1. The molecule has 0 spiro atoms. The molecule has 1 N–H and O–H groups in total. The molecule has 0 saturated carbocycles. The summed E-state index contributed by atoms with van der Waals surface area (Å²) in [7, 11) is 0. The predicted octanol–water partition coefficient (Wildman–Crippen LogP) is 4.11. The molecule has 1 rings (SSSR count). The van der Waals surface area contributed by atoms with E-state index in [4.69, 9.17) is 0 Å². The highest BCUT2D eigenvalue weighted by Gasteiger charge is 2.18. The highest BCUT2D eigenvalue weighted by atomic mass is 32.2. The molecular formula is C18H32N2S. The number of hydrogen-bond donors (Lipinski definition) is 1. The van der Waals surface area contributed by atoms with Gasteiger partial charge in [0.25, 0.3) is 0 Å². The third-order valence-corrected chi connectivity index (χ3v) is 5.23. The number of hydrogen-bond acceptors (Lipinski definition) is 3. The van der Waals surface area contributed by atoms with Crippen molar-refractivity contribution in [2.24, 2.45) is 0 Å². The summed E-state index contributed by atoms with van der Waals surface area (Å²) in [5, 5.41) is 4.24. The minimum absolute atomic E-state index is 0.442. The molecule has 3 heteroatoms. The highest BCUT2D eigenvalue weighted by Crippen LogP contribution is 2.26. The fraction of sp³-hybridized carbons (Fsp3) is 0.667. The topological polar surface area (TPSA) is 15.3 Å². The van der Waals surface area contributed by atoms with Gasteiger partial charge >= 0.3 is 0 Å². The lowest BCUT2D eigenvalue weighted by Gasteiger charge is -2.26. The molecule has 0 saturated heterocycles. The Balaban J connectivity index is 2.57. The van der Waals surface area contributed by atoms with E-state index in [2.05, 4.69) is 80.9 Å². The summed E-state index contributed by atoms with van der Waals surface area (Å²) in [4.78, 5) is 2.49. The Kier molecular flexibility index (Phi) is 9.05. The lowest BCUT2D eigenvalue weighted by molar-refractivity contribution is 0.323. The van der Waals surface area contributed by atoms with Gasteiger partial charge in [-0.15, -0.1) is 0 Å². The zero-order valence-electron chi connectivity index (χ0n) is 14.4. The maximum atomic E-state index is 3.65. The molecule has 120 valence electrons. The second-order valence-electron chi connectivity index (χ2n) is 5.55. The van der Waals surface area contributed by atoms with Gasteiger partial charge < -0.3 is 10.2 Å². The van der Waals surface area contributed by atoms with E-state index in [0.717, 1.165) is 19.6 Å². The Labute approximate surface area is 135 Å². The average Bonchev–Trinajstić information content (AvgIpc) is 2.50. The Bertz CT molecular complexity index is 373. The van der Waals surface area contributed by atoms with Gasteiger partial charge in [-0.05, 0) is 32.1 Å². The van der Waals surface area contributed by atoms with Gasteiger partial charge in [0.15, 0.2) is 0 Å². The summed E-state index contributed by atoms with van der Waals surface area (Å²) < 4.78 is 0. The molecule has 2 atom stereocenters. The molecule has 1 aromatic carbocycles. The maximum Gasteiger partial charge on any atom is 0.0437 e. The molecule has 0 bridgehead atoms. The highest BCUT2D eigenvalue weighted by molar-refractivity contribution is 7.99. The van der Waals surface area contributed by atoms with Crippen molar-refractivity contribution in [2.45, 2.75) is 45.9 Å². The van der Waals surface area contributed by atoms with Crippen LogP contribution in [0.3, 0.4) is 0 Å². The van der Waals surface area contributed by atoms with Crippen LogP contribution in [0.15, 0.2) is 24.3 Å². The molecule has 0 radical (unpaired) electrons. The van der Waals surface area contributed by atoms with E-state index in [1.165, 1.54) is 23.4 Å². The zero-order valence-corrected chi connectivity index (χ0v) is 15.2. The van der Waals surface area contributed by atoms with Crippen molar-refractivity contribution in [1.82, 2.24) is 10.2 Å². The lowest BCUT2D eigenvalue weighted by atomic mass is 10.0. The van der Waals surface area contributed by atoms with Crippen molar-refractivity contribution in [3.05, 3.63) is 35.4 Å². The second-order valence-corrected chi connectivity index (χ2v) is 7.03. The summed E-state index contributed by atoms with van der Waals surface area (Å²) in [5.74, 6) is 1.20. The summed E-state index contributed by atoms with van der Waals surface area (Å²) in [6.07, 6.45) is 0. The van der Waals surface area contributed by atoms with Crippen LogP contribution in [0, 0.1) is 6.92 Å². The molecule has 2 nitrogen and oxygen atoms in total. The van der Waals surface area contributed by atoms with Gasteiger partial charge in [-0.1, -0.05) is 57.5 Å². The van der Waals surface area contributed by atoms with Crippen molar-refractivity contribution in [3.63, 3.8) is 0 Å². The third-order valence-electron chi connectivity index (χ3n) is 4.01. The van der Waals surface area contributed by atoms with E-state index in [-0.39, 0.29) is 0 Å². The lowest BCUT2D eigenvalue weighted by Crippen LogP contribution is -2.30. The Morgan fingerprint density at radius 3 is 2.24 bits per heavy atom. The van der Waals surface area contributed by atoms with Gasteiger partial charge in [0.05, 0.1) is 0 Å². The van der Waals surface area contributed by atoms with Crippen molar-refractivity contribution < 1.29 is 0 Å². The Hall–Kier alpha value is -0.510. The van der Waals surface area contributed by atoms with Gasteiger partial charge in [0.1, 0.15) is 0 Å².